The first-order valence-electron chi connectivity index (χ1n) is 3.92. The van der Waals surface area contributed by atoms with Gasteiger partial charge in [-0.2, -0.15) is 0 Å². The molecule has 3 nitrogen and oxygen atoms in total. The van der Waals surface area contributed by atoms with Gasteiger partial charge in [0, 0.05) is 11.8 Å². The Bertz CT molecular complexity index is 159. The number of aliphatic hydroxyl groups is 1. The maximum absolute atomic E-state index is 11.2. The molecular weight excluding hydrogens is 178 g/mol. The van der Waals surface area contributed by atoms with Gasteiger partial charge in [0.1, 0.15) is 0 Å². The van der Waals surface area contributed by atoms with Crippen LogP contribution in [0, 0.1) is 5.92 Å². The molecule has 0 heterocycles. The molecule has 0 aromatic rings. The summed E-state index contributed by atoms with van der Waals surface area (Å²) in [5.74, 6) is -0.0330. The van der Waals surface area contributed by atoms with Crippen molar-refractivity contribution in [3.63, 3.8) is 0 Å². The second-order valence-corrected chi connectivity index (χ2v) is 3.90. The summed E-state index contributed by atoms with van der Waals surface area (Å²) in [5.41, 5.74) is -0.558. The third-order valence-corrected chi connectivity index (χ3v) is 2.00. The highest BCUT2D eigenvalue weighted by atomic mass is 35.5. The fraction of sp³-hybridized carbons (Fsp3) is 0.875. The highest BCUT2D eigenvalue weighted by molar-refractivity contribution is 6.19. The van der Waals surface area contributed by atoms with Crippen LogP contribution in [0.25, 0.3) is 0 Å². The van der Waals surface area contributed by atoms with E-state index < -0.39 is 5.54 Å². The summed E-state index contributed by atoms with van der Waals surface area (Å²) in [7, 11) is 0. The molecule has 12 heavy (non-hydrogen) atoms. The van der Waals surface area contributed by atoms with Crippen molar-refractivity contribution in [3.05, 3.63) is 0 Å². The summed E-state index contributed by atoms with van der Waals surface area (Å²) in [5, 5.41) is 11.5. The van der Waals surface area contributed by atoms with Crippen LogP contribution < -0.4 is 5.32 Å². The molecule has 1 atom stereocenters. The summed E-state index contributed by atoms with van der Waals surface area (Å²) >= 11 is 5.50. The van der Waals surface area contributed by atoms with Crippen LogP contribution in [-0.2, 0) is 4.79 Å². The van der Waals surface area contributed by atoms with Gasteiger partial charge in [0.2, 0.25) is 5.91 Å². The third-order valence-electron chi connectivity index (χ3n) is 1.54. The van der Waals surface area contributed by atoms with E-state index >= 15 is 0 Å². The smallest absolute Gasteiger partial charge is 0.224 e. The van der Waals surface area contributed by atoms with Crippen LogP contribution in [0.3, 0.4) is 0 Å². The predicted molar refractivity (Wildman–Crippen MR) is 49.2 cm³/mol. The van der Waals surface area contributed by atoms with Crippen LogP contribution in [0.15, 0.2) is 0 Å². The fourth-order valence-electron chi connectivity index (χ4n) is 0.566. The average Bonchev–Trinajstić information content (AvgIpc) is 2.02. The van der Waals surface area contributed by atoms with Gasteiger partial charge in [0.25, 0.3) is 0 Å². The van der Waals surface area contributed by atoms with Crippen molar-refractivity contribution in [2.45, 2.75) is 26.3 Å². The van der Waals surface area contributed by atoms with E-state index in [2.05, 4.69) is 5.32 Å². The molecular formula is C8H16ClNO2. The molecule has 0 bridgehead atoms. The van der Waals surface area contributed by atoms with E-state index in [-0.39, 0.29) is 18.4 Å². The van der Waals surface area contributed by atoms with Gasteiger partial charge in [-0.15, -0.1) is 11.6 Å². The van der Waals surface area contributed by atoms with Crippen molar-refractivity contribution in [3.8, 4) is 0 Å². The van der Waals surface area contributed by atoms with E-state index in [1.807, 2.05) is 0 Å². The summed E-state index contributed by atoms with van der Waals surface area (Å²) in [6, 6.07) is 0. The zero-order valence-electron chi connectivity index (χ0n) is 7.72. The van der Waals surface area contributed by atoms with Crippen LogP contribution >= 0.6 is 11.6 Å². The Balaban J connectivity index is 4.00. The Morgan fingerprint density at radius 3 is 2.50 bits per heavy atom. The van der Waals surface area contributed by atoms with Gasteiger partial charge in [0.15, 0.2) is 0 Å². The molecule has 0 aliphatic heterocycles. The number of carbonyl (C=O) groups excluding carboxylic acids is 1. The van der Waals surface area contributed by atoms with E-state index in [9.17, 15) is 4.79 Å². The predicted octanol–water partition coefficient (Wildman–Crippen LogP) is 0.748. The van der Waals surface area contributed by atoms with E-state index in [1.165, 1.54) is 0 Å². The number of nitrogens with one attached hydrogen (secondary N) is 1. The standard InChI is InChI=1S/C8H16ClNO2/c1-6(4-9)7(12)10-8(2,3)5-11/h6,11H,4-5H2,1-3H3,(H,10,12). The molecule has 2 N–H and O–H groups in total. The van der Waals surface area contributed by atoms with Crippen molar-refractivity contribution < 1.29 is 9.90 Å². The lowest BCUT2D eigenvalue weighted by molar-refractivity contribution is -0.126. The minimum atomic E-state index is -0.558. The number of rotatable bonds is 4. The molecule has 1 unspecified atom stereocenters. The summed E-state index contributed by atoms with van der Waals surface area (Å²) < 4.78 is 0. The molecule has 0 fully saturated rings. The number of halogens is 1. The number of hydrogen-bond donors (Lipinski definition) is 2. The first kappa shape index (κ1) is 11.7. The molecule has 0 aliphatic carbocycles. The van der Waals surface area contributed by atoms with Crippen molar-refractivity contribution in [2.24, 2.45) is 5.92 Å². The van der Waals surface area contributed by atoms with Gasteiger partial charge in [0.05, 0.1) is 12.1 Å². The molecule has 0 aromatic heterocycles. The van der Waals surface area contributed by atoms with Crippen LogP contribution in [-0.4, -0.2) is 29.0 Å². The van der Waals surface area contributed by atoms with Crippen LogP contribution in [0.1, 0.15) is 20.8 Å². The normalized spacial score (nSPS) is 14.1. The SMILES string of the molecule is CC(CCl)C(=O)NC(C)(C)CO. The molecule has 0 rings (SSSR count). The molecule has 1 amide bonds. The van der Waals surface area contributed by atoms with Crippen molar-refractivity contribution in [1.82, 2.24) is 5.32 Å². The Morgan fingerprint density at radius 1 is 1.67 bits per heavy atom. The minimum absolute atomic E-state index is 0.0756. The maximum atomic E-state index is 11.2. The van der Waals surface area contributed by atoms with E-state index in [4.69, 9.17) is 16.7 Å². The Morgan fingerprint density at radius 2 is 2.17 bits per heavy atom. The highest BCUT2D eigenvalue weighted by Gasteiger charge is 2.21. The monoisotopic (exact) mass is 193 g/mol. The average molecular weight is 194 g/mol. The molecule has 0 saturated carbocycles. The lowest BCUT2D eigenvalue weighted by Gasteiger charge is -2.24. The minimum Gasteiger partial charge on any atom is -0.394 e. The number of hydrogen-bond acceptors (Lipinski definition) is 2. The topological polar surface area (TPSA) is 49.3 Å². The summed E-state index contributed by atoms with van der Waals surface area (Å²) in [6.45, 7) is 5.18. The first-order valence-corrected chi connectivity index (χ1v) is 4.45. The third kappa shape index (κ3) is 3.93. The first-order chi connectivity index (χ1) is 5.43. The van der Waals surface area contributed by atoms with Gasteiger partial charge in [-0.3, -0.25) is 4.79 Å². The van der Waals surface area contributed by atoms with Gasteiger partial charge in [-0.05, 0) is 13.8 Å². The number of carbonyl (C=O) groups is 1. The molecule has 0 saturated heterocycles. The Hall–Kier alpha value is -0.280. The van der Waals surface area contributed by atoms with Crippen LogP contribution in [0.2, 0.25) is 0 Å². The highest BCUT2D eigenvalue weighted by Crippen LogP contribution is 2.04. The number of amides is 1. The van der Waals surface area contributed by atoms with Gasteiger partial charge < -0.3 is 10.4 Å². The van der Waals surface area contributed by atoms with Gasteiger partial charge in [-0.1, -0.05) is 6.92 Å². The van der Waals surface area contributed by atoms with Crippen molar-refractivity contribution in [2.75, 3.05) is 12.5 Å². The summed E-state index contributed by atoms with van der Waals surface area (Å²) in [6.07, 6.45) is 0. The molecule has 72 valence electrons. The maximum Gasteiger partial charge on any atom is 0.224 e. The number of aliphatic hydroxyl groups excluding tert-OH is 1. The quantitative estimate of drug-likeness (QED) is 0.648. The van der Waals surface area contributed by atoms with E-state index in [1.54, 1.807) is 20.8 Å². The van der Waals surface area contributed by atoms with Crippen LogP contribution in [0.5, 0.6) is 0 Å². The molecule has 0 radical (unpaired) electrons. The second-order valence-electron chi connectivity index (χ2n) is 3.59. The van der Waals surface area contributed by atoms with Crippen molar-refractivity contribution >= 4 is 17.5 Å². The molecule has 0 aromatic carbocycles. The van der Waals surface area contributed by atoms with E-state index in [0.29, 0.717) is 5.88 Å². The van der Waals surface area contributed by atoms with Gasteiger partial charge in [-0.25, -0.2) is 0 Å². The zero-order chi connectivity index (χ0) is 9.78. The Kier molecular flexibility index (Phi) is 4.57. The molecule has 0 aliphatic rings. The number of alkyl halides is 1. The summed E-state index contributed by atoms with van der Waals surface area (Å²) in [4.78, 5) is 11.2. The molecule has 4 heteroatoms. The second kappa shape index (κ2) is 4.67. The fourth-order valence-corrected chi connectivity index (χ4v) is 0.706. The lowest BCUT2D eigenvalue weighted by atomic mass is 10.1. The molecule has 0 spiro atoms. The van der Waals surface area contributed by atoms with Crippen molar-refractivity contribution in [1.29, 1.82) is 0 Å². The van der Waals surface area contributed by atoms with Gasteiger partial charge >= 0.3 is 0 Å². The van der Waals surface area contributed by atoms with E-state index in [0.717, 1.165) is 0 Å². The largest absolute Gasteiger partial charge is 0.394 e. The van der Waals surface area contributed by atoms with Crippen LogP contribution in [0.4, 0.5) is 0 Å². The zero-order valence-corrected chi connectivity index (χ0v) is 8.48. The Labute approximate surface area is 78.1 Å². The lowest BCUT2D eigenvalue weighted by Crippen LogP contribution is -2.48.